The van der Waals surface area contributed by atoms with Gasteiger partial charge in [0.2, 0.25) is 11.8 Å². The van der Waals surface area contributed by atoms with Crippen LogP contribution in [0, 0.1) is 0 Å². The Hall–Kier alpha value is -1.10. The van der Waals surface area contributed by atoms with Crippen LogP contribution in [-0.4, -0.2) is 60.4 Å². The van der Waals surface area contributed by atoms with Gasteiger partial charge in [0, 0.05) is 39.1 Å². The van der Waals surface area contributed by atoms with Gasteiger partial charge in [0.05, 0.1) is 6.54 Å². The first kappa shape index (κ1) is 13.3. The van der Waals surface area contributed by atoms with E-state index in [1.807, 2.05) is 9.80 Å². The standard InChI is InChI=1S/C13H23N3O2/c1-11(17)15-8-4-12(5-9-15)14-10-13(18)16-6-2-3-7-16/h12,14H,2-10H2,1H3. The predicted molar refractivity (Wildman–Crippen MR) is 69.1 cm³/mol. The van der Waals surface area contributed by atoms with Gasteiger partial charge in [-0.05, 0) is 25.7 Å². The van der Waals surface area contributed by atoms with E-state index in [1.165, 1.54) is 0 Å². The lowest BCUT2D eigenvalue weighted by Crippen LogP contribution is -2.47. The summed E-state index contributed by atoms with van der Waals surface area (Å²) in [5, 5.41) is 3.33. The molecule has 0 spiro atoms. The van der Waals surface area contributed by atoms with E-state index in [-0.39, 0.29) is 11.8 Å². The summed E-state index contributed by atoms with van der Waals surface area (Å²) >= 11 is 0. The van der Waals surface area contributed by atoms with Crippen molar-refractivity contribution in [2.45, 2.75) is 38.6 Å². The quantitative estimate of drug-likeness (QED) is 0.782. The molecule has 0 bridgehead atoms. The van der Waals surface area contributed by atoms with Crippen molar-refractivity contribution in [2.24, 2.45) is 0 Å². The van der Waals surface area contributed by atoms with Crippen LogP contribution in [0.25, 0.3) is 0 Å². The summed E-state index contributed by atoms with van der Waals surface area (Å²) in [6.07, 6.45) is 4.19. The summed E-state index contributed by atoms with van der Waals surface area (Å²) in [6, 6.07) is 0.382. The van der Waals surface area contributed by atoms with Crippen molar-refractivity contribution < 1.29 is 9.59 Å². The molecule has 0 unspecified atom stereocenters. The SMILES string of the molecule is CC(=O)N1CCC(NCC(=O)N2CCCC2)CC1. The molecular weight excluding hydrogens is 230 g/mol. The van der Waals surface area contributed by atoms with Gasteiger partial charge in [-0.2, -0.15) is 0 Å². The molecule has 0 saturated carbocycles. The Balaban J connectivity index is 1.65. The Morgan fingerprint density at radius 1 is 1.06 bits per heavy atom. The molecular formula is C13H23N3O2. The number of rotatable bonds is 3. The number of hydrogen-bond donors (Lipinski definition) is 1. The fraction of sp³-hybridized carbons (Fsp3) is 0.846. The van der Waals surface area contributed by atoms with Crippen LogP contribution in [-0.2, 0) is 9.59 Å². The fourth-order valence-corrected chi connectivity index (χ4v) is 2.71. The molecule has 0 aromatic carbocycles. The summed E-state index contributed by atoms with van der Waals surface area (Å²) in [5.41, 5.74) is 0. The average molecular weight is 253 g/mol. The molecule has 2 amide bonds. The molecule has 2 rings (SSSR count). The second-order valence-electron chi connectivity index (χ2n) is 5.25. The van der Waals surface area contributed by atoms with Crippen LogP contribution in [0.4, 0.5) is 0 Å². The van der Waals surface area contributed by atoms with Gasteiger partial charge in [-0.1, -0.05) is 0 Å². The molecule has 2 aliphatic rings. The number of nitrogens with zero attached hydrogens (tertiary/aromatic N) is 2. The van der Waals surface area contributed by atoms with Crippen molar-refractivity contribution >= 4 is 11.8 Å². The predicted octanol–water partition coefficient (Wildman–Crippen LogP) is 0.209. The van der Waals surface area contributed by atoms with Gasteiger partial charge in [-0.3, -0.25) is 9.59 Å². The third-order valence-corrected chi connectivity index (χ3v) is 3.94. The maximum absolute atomic E-state index is 11.9. The molecule has 2 saturated heterocycles. The number of carbonyl (C=O) groups is 2. The minimum atomic E-state index is 0.154. The third kappa shape index (κ3) is 3.45. The summed E-state index contributed by atoms with van der Waals surface area (Å²) in [6.45, 7) is 5.53. The largest absolute Gasteiger partial charge is 0.343 e. The first-order valence-electron chi connectivity index (χ1n) is 6.93. The van der Waals surface area contributed by atoms with Gasteiger partial charge in [0.15, 0.2) is 0 Å². The summed E-state index contributed by atoms with van der Waals surface area (Å²) < 4.78 is 0. The highest BCUT2D eigenvalue weighted by atomic mass is 16.2. The lowest BCUT2D eigenvalue weighted by atomic mass is 10.1. The Kier molecular flexibility index (Phi) is 4.58. The molecule has 0 radical (unpaired) electrons. The number of hydrogen-bond acceptors (Lipinski definition) is 3. The Bertz CT molecular complexity index is 305. The van der Waals surface area contributed by atoms with Gasteiger partial charge in [-0.15, -0.1) is 0 Å². The number of piperidine rings is 1. The highest BCUT2D eigenvalue weighted by molar-refractivity contribution is 5.78. The normalized spacial score (nSPS) is 21.4. The highest BCUT2D eigenvalue weighted by Gasteiger charge is 2.22. The van der Waals surface area contributed by atoms with Crippen LogP contribution in [0.1, 0.15) is 32.6 Å². The lowest BCUT2D eigenvalue weighted by molar-refractivity contribution is -0.131. The highest BCUT2D eigenvalue weighted by Crippen LogP contribution is 2.11. The number of amides is 2. The molecule has 2 heterocycles. The molecule has 1 N–H and O–H groups in total. The first-order chi connectivity index (χ1) is 8.66. The summed E-state index contributed by atoms with van der Waals surface area (Å²) in [5.74, 6) is 0.378. The fourth-order valence-electron chi connectivity index (χ4n) is 2.71. The molecule has 0 aromatic heterocycles. The van der Waals surface area contributed by atoms with Crippen LogP contribution in [0.5, 0.6) is 0 Å². The Labute approximate surface area is 108 Å². The summed E-state index contributed by atoms with van der Waals surface area (Å²) in [7, 11) is 0. The number of nitrogens with one attached hydrogen (secondary N) is 1. The van der Waals surface area contributed by atoms with Crippen molar-refractivity contribution in [3.8, 4) is 0 Å². The van der Waals surface area contributed by atoms with E-state index in [4.69, 9.17) is 0 Å². The molecule has 0 aromatic rings. The first-order valence-corrected chi connectivity index (χ1v) is 6.93. The van der Waals surface area contributed by atoms with E-state index in [0.29, 0.717) is 12.6 Å². The topological polar surface area (TPSA) is 52.7 Å². The van der Waals surface area contributed by atoms with Gasteiger partial charge in [0.1, 0.15) is 0 Å². The average Bonchev–Trinajstić information content (AvgIpc) is 2.90. The van der Waals surface area contributed by atoms with Gasteiger partial charge < -0.3 is 15.1 Å². The molecule has 2 fully saturated rings. The molecule has 18 heavy (non-hydrogen) atoms. The zero-order valence-corrected chi connectivity index (χ0v) is 11.2. The van der Waals surface area contributed by atoms with Crippen LogP contribution in [0.3, 0.4) is 0 Å². The van der Waals surface area contributed by atoms with E-state index >= 15 is 0 Å². The molecule has 0 atom stereocenters. The zero-order valence-electron chi connectivity index (χ0n) is 11.2. The van der Waals surface area contributed by atoms with Crippen molar-refractivity contribution in [1.82, 2.24) is 15.1 Å². The van der Waals surface area contributed by atoms with Crippen LogP contribution >= 0.6 is 0 Å². The van der Waals surface area contributed by atoms with Gasteiger partial charge >= 0.3 is 0 Å². The van der Waals surface area contributed by atoms with Crippen LogP contribution in [0.2, 0.25) is 0 Å². The minimum absolute atomic E-state index is 0.154. The van der Waals surface area contributed by atoms with E-state index in [2.05, 4.69) is 5.32 Å². The molecule has 5 nitrogen and oxygen atoms in total. The second-order valence-corrected chi connectivity index (χ2v) is 5.25. The van der Waals surface area contributed by atoms with Crippen LogP contribution < -0.4 is 5.32 Å². The minimum Gasteiger partial charge on any atom is -0.343 e. The lowest BCUT2D eigenvalue weighted by Gasteiger charge is -2.32. The second kappa shape index (κ2) is 6.18. The Morgan fingerprint density at radius 3 is 2.22 bits per heavy atom. The van der Waals surface area contributed by atoms with Crippen molar-refractivity contribution in [2.75, 3.05) is 32.7 Å². The van der Waals surface area contributed by atoms with E-state index < -0.39 is 0 Å². The van der Waals surface area contributed by atoms with Crippen molar-refractivity contribution in [1.29, 1.82) is 0 Å². The molecule has 0 aliphatic carbocycles. The third-order valence-electron chi connectivity index (χ3n) is 3.94. The van der Waals surface area contributed by atoms with Gasteiger partial charge in [-0.25, -0.2) is 0 Å². The molecule has 5 heteroatoms. The smallest absolute Gasteiger partial charge is 0.236 e. The van der Waals surface area contributed by atoms with E-state index in [9.17, 15) is 9.59 Å². The van der Waals surface area contributed by atoms with Crippen molar-refractivity contribution in [3.63, 3.8) is 0 Å². The van der Waals surface area contributed by atoms with Crippen LogP contribution in [0.15, 0.2) is 0 Å². The monoisotopic (exact) mass is 253 g/mol. The summed E-state index contributed by atoms with van der Waals surface area (Å²) in [4.78, 5) is 26.9. The Morgan fingerprint density at radius 2 is 1.67 bits per heavy atom. The van der Waals surface area contributed by atoms with E-state index in [0.717, 1.165) is 51.9 Å². The van der Waals surface area contributed by atoms with Crippen molar-refractivity contribution in [3.05, 3.63) is 0 Å². The maximum Gasteiger partial charge on any atom is 0.236 e. The van der Waals surface area contributed by atoms with Gasteiger partial charge in [0.25, 0.3) is 0 Å². The number of carbonyl (C=O) groups excluding carboxylic acids is 2. The molecule has 2 aliphatic heterocycles. The van der Waals surface area contributed by atoms with E-state index in [1.54, 1.807) is 6.92 Å². The molecule has 102 valence electrons. The maximum atomic E-state index is 11.9. The zero-order chi connectivity index (χ0) is 13.0. The number of likely N-dealkylation sites (tertiary alicyclic amines) is 2.